The maximum absolute atomic E-state index is 8.79. The predicted molar refractivity (Wildman–Crippen MR) is 63.6 cm³/mol. The average molecular weight is 222 g/mol. The van der Waals surface area contributed by atoms with E-state index in [1.165, 1.54) is 0 Å². The van der Waals surface area contributed by atoms with E-state index < -0.39 is 0 Å². The van der Waals surface area contributed by atoms with E-state index in [1.807, 2.05) is 18.3 Å². The van der Waals surface area contributed by atoms with Crippen LogP contribution in [0, 0.1) is 23.7 Å². The summed E-state index contributed by atoms with van der Waals surface area (Å²) in [6.45, 7) is 0.406. The van der Waals surface area contributed by atoms with Gasteiger partial charge in [0.1, 0.15) is 6.54 Å². The molecule has 0 unspecified atom stereocenters. The van der Waals surface area contributed by atoms with E-state index in [-0.39, 0.29) is 0 Å². The van der Waals surface area contributed by atoms with Gasteiger partial charge in [0.25, 0.3) is 0 Å². The van der Waals surface area contributed by atoms with Crippen molar-refractivity contribution in [2.45, 2.75) is 13.0 Å². The maximum Gasteiger partial charge on any atom is 0.101 e. The van der Waals surface area contributed by atoms with Crippen molar-refractivity contribution in [1.29, 1.82) is 5.26 Å². The molecule has 0 aliphatic carbocycles. The van der Waals surface area contributed by atoms with Crippen molar-refractivity contribution >= 4 is 0 Å². The molecule has 0 saturated carbocycles. The Kier molecular flexibility index (Phi) is 3.18. The minimum atomic E-state index is 0.322. The standard InChI is InChI=1S/C13H10N4/c1-2-9-17-10-12(3-6-14)13(16-17)11-4-7-15-8-5-11/h1,4-5,7-8,10H,3,9H2. The van der Waals surface area contributed by atoms with Crippen LogP contribution in [0.2, 0.25) is 0 Å². The molecule has 2 heterocycles. The third-order valence-corrected chi connectivity index (χ3v) is 2.31. The third-order valence-electron chi connectivity index (χ3n) is 2.31. The average Bonchev–Trinajstić information content (AvgIpc) is 2.74. The fraction of sp³-hybridized carbons (Fsp3) is 0.154. The van der Waals surface area contributed by atoms with Crippen LogP contribution in [0.15, 0.2) is 30.7 Å². The first-order chi connectivity index (χ1) is 8.35. The Bertz CT molecular complexity index is 584. The highest BCUT2D eigenvalue weighted by Crippen LogP contribution is 2.21. The Labute approximate surface area is 99.5 Å². The van der Waals surface area contributed by atoms with Crippen LogP contribution in [0.3, 0.4) is 0 Å². The number of nitriles is 1. The van der Waals surface area contributed by atoms with Gasteiger partial charge >= 0.3 is 0 Å². The molecule has 0 amide bonds. The highest BCUT2D eigenvalue weighted by Gasteiger charge is 2.10. The maximum atomic E-state index is 8.79. The third kappa shape index (κ3) is 2.32. The molecule has 82 valence electrons. The second kappa shape index (κ2) is 4.96. The second-order valence-corrected chi connectivity index (χ2v) is 3.48. The van der Waals surface area contributed by atoms with Crippen LogP contribution < -0.4 is 0 Å². The van der Waals surface area contributed by atoms with E-state index in [0.717, 1.165) is 16.8 Å². The minimum Gasteiger partial charge on any atom is -0.265 e. The van der Waals surface area contributed by atoms with E-state index in [4.69, 9.17) is 11.7 Å². The lowest BCUT2D eigenvalue weighted by atomic mass is 10.1. The highest BCUT2D eigenvalue weighted by atomic mass is 15.3. The molecule has 0 spiro atoms. The number of aromatic nitrogens is 3. The molecule has 0 fully saturated rings. The van der Waals surface area contributed by atoms with Crippen LogP contribution in [-0.2, 0) is 13.0 Å². The zero-order valence-corrected chi connectivity index (χ0v) is 9.17. The van der Waals surface area contributed by atoms with Gasteiger partial charge in [-0.2, -0.15) is 10.4 Å². The lowest BCUT2D eigenvalue weighted by Crippen LogP contribution is -1.95. The van der Waals surface area contributed by atoms with Crippen molar-refractivity contribution in [3.05, 3.63) is 36.3 Å². The molecule has 0 aliphatic heterocycles. The van der Waals surface area contributed by atoms with Crippen LogP contribution in [0.4, 0.5) is 0 Å². The van der Waals surface area contributed by atoms with Gasteiger partial charge in [0.05, 0.1) is 18.2 Å². The molecule has 4 heteroatoms. The molecule has 0 saturated heterocycles. The monoisotopic (exact) mass is 222 g/mol. The molecule has 4 nitrogen and oxygen atoms in total. The van der Waals surface area contributed by atoms with Crippen molar-refractivity contribution in [1.82, 2.24) is 14.8 Å². The summed E-state index contributed by atoms with van der Waals surface area (Å²) in [6, 6.07) is 5.86. The number of terminal acetylenes is 1. The Morgan fingerprint density at radius 3 is 2.76 bits per heavy atom. The lowest BCUT2D eigenvalue weighted by Gasteiger charge is -1.97. The van der Waals surface area contributed by atoms with E-state index in [2.05, 4.69) is 22.1 Å². The van der Waals surface area contributed by atoms with Crippen molar-refractivity contribution in [2.24, 2.45) is 0 Å². The summed E-state index contributed by atoms with van der Waals surface area (Å²) >= 11 is 0. The molecule has 2 rings (SSSR count). The van der Waals surface area contributed by atoms with Crippen LogP contribution in [0.5, 0.6) is 0 Å². The first kappa shape index (κ1) is 10.9. The van der Waals surface area contributed by atoms with Gasteiger partial charge in [0, 0.05) is 29.7 Å². The van der Waals surface area contributed by atoms with E-state index in [0.29, 0.717) is 13.0 Å². The van der Waals surface area contributed by atoms with Crippen molar-refractivity contribution < 1.29 is 0 Å². The summed E-state index contributed by atoms with van der Waals surface area (Å²) in [5.74, 6) is 2.52. The Hall–Kier alpha value is -2.59. The second-order valence-electron chi connectivity index (χ2n) is 3.48. The smallest absolute Gasteiger partial charge is 0.101 e. The van der Waals surface area contributed by atoms with Gasteiger partial charge in [-0.25, -0.2) is 0 Å². The Balaban J connectivity index is 2.46. The Morgan fingerprint density at radius 2 is 2.12 bits per heavy atom. The van der Waals surface area contributed by atoms with Crippen molar-refractivity contribution in [2.75, 3.05) is 0 Å². The summed E-state index contributed by atoms with van der Waals surface area (Å²) < 4.78 is 1.67. The first-order valence-electron chi connectivity index (χ1n) is 5.12. The summed E-state index contributed by atoms with van der Waals surface area (Å²) in [4.78, 5) is 3.96. The van der Waals surface area contributed by atoms with Crippen LogP contribution in [0.25, 0.3) is 11.3 Å². The van der Waals surface area contributed by atoms with Gasteiger partial charge < -0.3 is 0 Å². The molecule has 0 N–H and O–H groups in total. The van der Waals surface area contributed by atoms with E-state index in [9.17, 15) is 0 Å². The number of hydrogen-bond acceptors (Lipinski definition) is 3. The molecule has 0 aromatic carbocycles. The first-order valence-corrected chi connectivity index (χ1v) is 5.12. The van der Waals surface area contributed by atoms with Gasteiger partial charge in [-0.15, -0.1) is 6.42 Å². The predicted octanol–water partition coefficient (Wildman–Crippen LogP) is 1.64. The number of rotatable bonds is 3. The van der Waals surface area contributed by atoms with Crippen molar-refractivity contribution in [3.8, 4) is 29.7 Å². The number of nitrogens with zero attached hydrogens (tertiary/aromatic N) is 4. The summed E-state index contributed by atoms with van der Waals surface area (Å²) in [5.41, 5.74) is 2.62. The topological polar surface area (TPSA) is 54.5 Å². The van der Waals surface area contributed by atoms with E-state index >= 15 is 0 Å². The van der Waals surface area contributed by atoms with Gasteiger partial charge in [-0.3, -0.25) is 9.67 Å². The number of pyridine rings is 1. The SMILES string of the molecule is C#CCn1cc(CC#N)c(-c2ccncc2)n1. The number of hydrogen-bond donors (Lipinski definition) is 0. The van der Waals surface area contributed by atoms with Gasteiger partial charge in [0.2, 0.25) is 0 Å². The fourth-order valence-electron chi connectivity index (χ4n) is 1.60. The molecule has 0 aliphatic rings. The van der Waals surface area contributed by atoms with Crippen molar-refractivity contribution in [3.63, 3.8) is 0 Å². The van der Waals surface area contributed by atoms with Gasteiger partial charge in [-0.05, 0) is 12.1 Å². The Morgan fingerprint density at radius 1 is 1.35 bits per heavy atom. The largest absolute Gasteiger partial charge is 0.265 e. The van der Waals surface area contributed by atoms with Gasteiger partial charge in [0.15, 0.2) is 0 Å². The molecule has 17 heavy (non-hydrogen) atoms. The minimum absolute atomic E-state index is 0.322. The molecular weight excluding hydrogens is 212 g/mol. The summed E-state index contributed by atoms with van der Waals surface area (Å²) in [7, 11) is 0. The normalized spacial score (nSPS) is 9.53. The molecule has 0 radical (unpaired) electrons. The fourth-order valence-corrected chi connectivity index (χ4v) is 1.60. The quantitative estimate of drug-likeness (QED) is 0.742. The van der Waals surface area contributed by atoms with Crippen LogP contribution in [-0.4, -0.2) is 14.8 Å². The van der Waals surface area contributed by atoms with Gasteiger partial charge in [-0.1, -0.05) is 5.92 Å². The van der Waals surface area contributed by atoms with Crippen LogP contribution >= 0.6 is 0 Å². The summed E-state index contributed by atoms with van der Waals surface area (Å²) in [6.07, 6.45) is 10.8. The van der Waals surface area contributed by atoms with E-state index in [1.54, 1.807) is 17.1 Å². The summed E-state index contributed by atoms with van der Waals surface area (Å²) in [5, 5.41) is 13.2. The molecule has 2 aromatic rings. The molecule has 2 aromatic heterocycles. The lowest BCUT2D eigenvalue weighted by molar-refractivity contribution is 0.717. The molecule has 0 bridgehead atoms. The van der Waals surface area contributed by atoms with Crippen LogP contribution in [0.1, 0.15) is 5.56 Å². The zero-order valence-electron chi connectivity index (χ0n) is 9.17. The zero-order chi connectivity index (χ0) is 12.1. The molecule has 0 atom stereocenters. The highest BCUT2D eigenvalue weighted by molar-refractivity contribution is 5.62. The molecular formula is C13H10N4.